The van der Waals surface area contributed by atoms with Crippen molar-refractivity contribution in [2.75, 3.05) is 19.6 Å². The summed E-state index contributed by atoms with van der Waals surface area (Å²) in [4.78, 5) is 4.65. The highest BCUT2D eigenvalue weighted by Gasteiger charge is 2.04. The first kappa shape index (κ1) is 21.7. The minimum atomic E-state index is 0. The monoisotopic (exact) mass is 458 g/mol. The maximum Gasteiger partial charge on any atom is 0.191 e. The van der Waals surface area contributed by atoms with Crippen molar-refractivity contribution < 1.29 is 0 Å². The number of aromatic nitrogens is 3. The second-order valence-corrected chi connectivity index (χ2v) is 6.37. The molecule has 0 spiro atoms. The van der Waals surface area contributed by atoms with E-state index < -0.39 is 0 Å². The molecular weight excluding hydrogens is 427 g/mol. The number of nitrogens with zero attached hydrogens (tertiary/aromatic N) is 4. The normalized spacial score (nSPS) is 11.6. The minimum Gasteiger partial charge on any atom is -0.357 e. The fourth-order valence-corrected chi connectivity index (χ4v) is 2.55. The van der Waals surface area contributed by atoms with Gasteiger partial charge in [-0.05, 0) is 44.2 Å². The third-order valence-electron chi connectivity index (χ3n) is 3.81. The van der Waals surface area contributed by atoms with Crippen LogP contribution < -0.4 is 10.6 Å². The molecular formula is C18H31IN6. The zero-order chi connectivity index (χ0) is 17.2. The number of fused-ring (bicyclic) bond motifs is 1. The molecule has 0 aromatic carbocycles. The van der Waals surface area contributed by atoms with Crippen molar-refractivity contribution in [1.29, 1.82) is 0 Å². The van der Waals surface area contributed by atoms with Crippen LogP contribution in [0.4, 0.5) is 0 Å². The molecule has 0 aliphatic heterocycles. The zero-order valence-electron chi connectivity index (χ0n) is 15.5. The van der Waals surface area contributed by atoms with Gasteiger partial charge >= 0.3 is 0 Å². The summed E-state index contributed by atoms with van der Waals surface area (Å²) in [5, 5.41) is 15.1. The van der Waals surface area contributed by atoms with Crippen LogP contribution in [0.5, 0.6) is 0 Å². The van der Waals surface area contributed by atoms with Gasteiger partial charge in [0.1, 0.15) is 5.82 Å². The van der Waals surface area contributed by atoms with E-state index in [1.165, 1.54) is 12.8 Å². The largest absolute Gasteiger partial charge is 0.357 e. The molecule has 2 rings (SSSR count). The summed E-state index contributed by atoms with van der Waals surface area (Å²) in [6, 6.07) is 5.95. The van der Waals surface area contributed by atoms with Crippen molar-refractivity contribution in [3.63, 3.8) is 0 Å². The Labute approximate surface area is 167 Å². The molecule has 2 heterocycles. The Morgan fingerprint density at radius 3 is 2.80 bits per heavy atom. The molecule has 7 heteroatoms. The lowest BCUT2D eigenvalue weighted by Gasteiger charge is -2.11. The highest BCUT2D eigenvalue weighted by molar-refractivity contribution is 14.0. The number of aliphatic imine (C=N–C) groups is 1. The molecule has 25 heavy (non-hydrogen) atoms. The number of nitrogens with one attached hydrogen (secondary N) is 2. The van der Waals surface area contributed by atoms with Gasteiger partial charge in [0.05, 0.1) is 0 Å². The topological polar surface area (TPSA) is 66.6 Å². The van der Waals surface area contributed by atoms with Gasteiger partial charge < -0.3 is 10.6 Å². The zero-order valence-corrected chi connectivity index (χ0v) is 17.9. The summed E-state index contributed by atoms with van der Waals surface area (Å²) < 4.78 is 2.04. The maximum absolute atomic E-state index is 4.65. The van der Waals surface area contributed by atoms with Crippen LogP contribution in [0.15, 0.2) is 29.4 Å². The fraction of sp³-hybridized carbons (Fsp3) is 0.611. The first-order valence-electron chi connectivity index (χ1n) is 9.01. The maximum atomic E-state index is 4.65. The molecule has 0 radical (unpaired) electrons. The standard InChI is InChI=1S/C18H30N6.HI/c1-4-19-18(20-12-7-9-15(2)3)21-13-8-11-17-23-22-16-10-5-6-14-24(16)17;/h5-6,10,14-15H,4,7-9,11-13H2,1-3H3,(H2,19,20,21);1H. The summed E-state index contributed by atoms with van der Waals surface area (Å²) in [5.74, 6) is 2.66. The average molecular weight is 458 g/mol. The van der Waals surface area contributed by atoms with E-state index in [1.807, 2.05) is 28.8 Å². The predicted octanol–water partition coefficient (Wildman–Crippen LogP) is 3.27. The van der Waals surface area contributed by atoms with E-state index in [0.29, 0.717) is 0 Å². The molecule has 6 nitrogen and oxygen atoms in total. The van der Waals surface area contributed by atoms with Gasteiger partial charge in [-0.25, -0.2) is 0 Å². The molecule has 0 saturated carbocycles. The quantitative estimate of drug-likeness (QED) is 0.262. The Balaban J connectivity index is 0.00000312. The van der Waals surface area contributed by atoms with Gasteiger partial charge in [-0.1, -0.05) is 19.9 Å². The molecule has 0 saturated heterocycles. The van der Waals surface area contributed by atoms with Gasteiger partial charge in [-0.3, -0.25) is 9.39 Å². The molecule has 140 valence electrons. The Morgan fingerprint density at radius 2 is 2.04 bits per heavy atom. The van der Waals surface area contributed by atoms with Crippen LogP contribution in [0.3, 0.4) is 0 Å². The highest BCUT2D eigenvalue weighted by Crippen LogP contribution is 2.05. The number of pyridine rings is 1. The van der Waals surface area contributed by atoms with E-state index in [9.17, 15) is 0 Å². The lowest BCUT2D eigenvalue weighted by Crippen LogP contribution is -2.38. The number of rotatable bonds is 9. The molecule has 2 aromatic rings. The molecule has 0 aliphatic carbocycles. The van der Waals surface area contributed by atoms with Crippen LogP contribution in [-0.4, -0.2) is 40.2 Å². The van der Waals surface area contributed by atoms with Crippen LogP contribution in [0.2, 0.25) is 0 Å². The van der Waals surface area contributed by atoms with E-state index >= 15 is 0 Å². The first-order valence-corrected chi connectivity index (χ1v) is 9.01. The van der Waals surface area contributed by atoms with Crippen molar-refractivity contribution >= 4 is 35.6 Å². The van der Waals surface area contributed by atoms with Gasteiger partial charge in [0, 0.05) is 32.3 Å². The Bertz CT molecular complexity index is 637. The van der Waals surface area contributed by atoms with Gasteiger partial charge in [0.2, 0.25) is 0 Å². The van der Waals surface area contributed by atoms with Crippen LogP contribution in [0.25, 0.3) is 5.65 Å². The molecule has 0 unspecified atom stereocenters. The molecule has 0 bridgehead atoms. The summed E-state index contributed by atoms with van der Waals surface area (Å²) in [5.41, 5.74) is 0.899. The summed E-state index contributed by atoms with van der Waals surface area (Å²) >= 11 is 0. The molecule has 0 atom stereocenters. The van der Waals surface area contributed by atoms with Gasteiger partial charge in [0.15, 0.2) is 11.6 Å². The molecule has 0 amide bonds. The summed E-state index contributed by atoms with van der Waals surface area (Å²) in [7, 11) is 0. The van der Waals surface area contributed by atoms with Crippen LogP contribution >= 0.6 is 24.0 Å². The van der Waals surface area contributed by atoms with E-state index in [-0.39, 0.29) is 24.0 Å². The summed E-state index contributed by atoms with van der Waals surface area (Å²) in [6.45, 7) is 9.24. The summed E-state index contributed by atoms with van der Waals surface area (Å²) in [6.07, 6.45) is 6.26. The van der Waals surface area contributed by atoms with E-state index in [4.69, 9.17) is 0 Å². The van der Waals surface area contributed by atoms with Crippen LogP contribution in [0.1, 0.15) is 45.9 Å². The molecule has 2 N–H and O–H groups in total. The molecule has 0 aliphatic rings. The number of halogens is 1. The van der Waals surface area contributed by atoms with Crippen molar-refractivity contribution in [3.05, 3.63) is 30.2 Å². The third kappa shape index (κ3) is 7.58. The van der Waals surface area contributed by atoms with Crippen LogP contribution in [-0.2, 0) is 6.42 Å². The van der Waals surface area contributed by atoms with Gasteiger partial charge in [0.25, 0.3) is 0 Å². The first-order chi connectivity index (χ1) is 11.7. The molecule has 2 aromatic heterocycles. The molecule has 0 fully saturated rings. The van der Waals surface area contributed by atoms with Crippen molar-refractivity contribution in [2.45, 2.75) is 46.5 Å². The number of guanidine groups is 1. The fourth-order valence-electron chi connectivity index (χ4n) is 2.55. The number of hydrogen-bond acceptors (Lipinski definition) is 3. The SMILES string of the molecule is CCNC(=NCCCc1nnc2ccccn12)NCCCC(C)C.I. The van der Waals surface area contributed by atoms with E-state index in [1.54, 1.807) is 0 Å². The Hall–Kier alpha value is -1.38. The minimum absolute atomic E-state index is 0. The lowest BCUT2D eigenvalue weighted by molar-refractivity contribution is 0.549. The van der Waals surface area contributed by atoms with E-state index in [0.717, 1.165) is 55.8 Å². The number of hydrogen-bond donors (Lipinski definition) is 2. The lowest BCUT2D eigenvalue weighted by atomic mass is 10.1. The second kappa shape index (κ2) is 12.1. The Kier molecular flexibility index (Phi) is 10.4. The van der Waals surface area contributed by atoms with Crippen molar-refractivity contribution in [1.82, 2.24) is 25.2 Å². The average Bonchev–Trinajstić information content (AvgIpc) is 2.98. The predicted molar refractivity (Wildman–Crippen MR) is 115 cm³/mol. The van der Waals surface area contributed by atoms with Crippen LogP contribution in [0, 0.1) is 5.92 Å². The highest BCUT2D eigenvalue weighted by atomic mass is 127. The van der Waals surface area contributed by atoms with Crippen molar-refractivity contribution in [3.8, 4) is 0 Å². The van der Waals surface area contributed by atoms with Gasteiger partial charge in [-0.15, -0.1) is 34.2 Å². The number of aryl methyl sites for hydroxylation is 1. The van der Waals surface area contributed by atoms with E-state index in [2.05, 4.69) is 46.6 Å². The van der Waals surface area contributed by atoms with Crippen molar-refractivity contribution in [2.24, 2.45) is 10.9 Å². The second-order valence-electron chi connectivity index (χ2n) is 6.37. The third-order valence-corrected chi connectivity index (χ3v) is 3.81. The van der Waals surface area contributed by atoms with Gasteiger partial charge in [-0.2, -0.15) is 0 Å². The Morgan fingerprint density at radius 1 is 1.20 bits per heavy atom. The smallest absolute Gasteiger partial charge is 0.191 e.